The Morgan fingerprint density at radius 3 is 2.84 bits per heavy atom. The molecular formula is C14H17ClN2O2. The van der Waals surface area contributed by atoms with Crippen LogP contribution in [-0.2, 0) is 13.5 Å². The molecule has 102 valence electrons. The van der Waals surface area contributed by atoms with E-state index in [9.17, 15) is 5.11 Å². The van der Waals surface area contributed by atoms with Gasteiger partial charge in [0.25, 0.3) is 0 Å². The molecule has 0 saturated heterocycles. The third-order valence-corrected chi connectivity index (χ3v) is 3.32. The standard InChI is InChI=1S/C14H17ClN2O2/c1-17-9-10(8-16-17)3-5-13(18)11-4-6-14(19-2)12(15)7-11/h4,6-9,13,18H,3,5H2,1-2H3. The average Bonchev–Trinajstić information content (AvgIpc) is 2.81. The molecule has 0 aliphatic rings. The Kier molecular flexibility index (Phi) is 4.45. The molecule has 0 radical (unpaired) electrons. The zero-order chi connectivity index (χ0) is 13.8. The summed E-state index contributed by atoms with van der Waals surface area (Å²) in [5, 5.41) is 14.8. The lowest BCUT2D eigenvalue weighted by atomic mass is 10.0. The van der Waals surface area contributed by atoms with E-state index in [1.54, 1.807) is 23.9 Å². The lowest BCUT2D eigenvalue weighted by Gasteiger charge is -2.12. The molecule has 0 spiro atoms. The van der Waals surface area contributed by atoms with Gasteiger partial charge in [-0.2, -0.15) is 5.10 Å². The summed E-state index contributed by atoms with van der Waals surface area (Å²) in [4.78, 5) is 0. The van der Waals surface area contributed by atoms with Gasteiger partial charge >= 0.3 is 0 Å². The number of rotatable bonds is 5. The minimum absolute atomic E-state index is 0.514. The van der Waals surface area contributed by atoms with E-state index in [0.29, 0.717) is 17.2 Å². The van der Waals surface area contributed by atoms with Gasteiger partial charge in [0.15, 0.2) is 0 Å². The molecule has 1 heterocycles. The number of ether oxygens (including phenoxy) is 1. The molecule has 0 fully saturated rings. The van der Waals surface area contributed by atoms with E-state index in [1.807, 2.05) is 25.5 Å². The monoisotopic (exact) mass is 280 g/mol. The number of nitrogens with zero attached hydrogens (tertiary/aromatic N) is 2. The number of aryl methyl sites for hydroxylation is 2. The van der Waals surface area contributed by atoms with Crippen molar-refractivity contribution in [3.8, 4) is 5.75 Å². The minimum Gasteiger partial charge on any atom is -0.495 e. The summed E-state index contributed by atoms with van der Waals surface area (Å²) in [7, 11) is 3.45. The van der Waals surface area contributed by atoms with E-state index in [1.165, 1.54) is 0 Å². The number of hydrogen-bond acceptors (Lipinski definition) is 3. The summed E-state index contributed by atoms with van der Waals surface area (Å²) in [6.45, 7) is 0. The Balaban J connectivity index is 1.99. The number of halogens is 1. The first-order valence-electron chi connectivity index (χ1n) is 6.09. The summed E-state index contributed by atoms with van der Waals surface area (Å²) < 4.78 is 6.84. The Morgan fingerprint density at radius 1 is 1.47 bits per heavy atom. The number of aliphatic hydroxyl groups is 1. The van der Waals surface area contributed by atoms with Crippen molar-refractivity contribution >= 4 is 11.6 Å². The molecule has 0 amide bonds. The minimum atomic E-state index is -0.538. The predicted molar refractivity (Wildman–Crippen MR) is 74.5 cm³/mol. The largest absolute Gasteiger partial charge is 0.495 e. The second kappa shape index (κ2) is 6.08. The Hall–Kier alpha value is -1.52. The van der Waals surface area contributed by atoms with E-state index in [0.717, 1.165) is 17.5 Å². The van der Waals surface area contributed by atoms with Crippen LogP contribution in [0.15, 0.2) is 30.6 Å². The molecule has 19 heavy (non-hydrogen) atoms. The quantitative estimate of drug-likeness (QED) is 0.916. The Bertz CT molecular complexity index is 554. The highest BCUT2D eigenvalue weighted by atomic mass is 35.5. The molecule has 2 aromatic rings. The normalized spacial score (nSPS) is 12.4. The SMILES string of the molecule is COc1ccc(C(O)CCc2cnn(C)c2)cc1Cl. The van der Waals surface area contributed by atoms with Gasteiger partial charge in [-0.3, -0.25) is 4.68 Å². The summed E-state index contributed by atoms with van der Waals surface area (Å²) in [5.74, 6) is 0.616. The van der Waals surface area contributed by atoms with Crippen molar-refractivity contribution in [1.82, 2.24) is 9.78 Å². The molecule has 1 unspecified atom stereocenters. The predicted octanol–water partition coefficient (Wildman–Crippen LogP) is 2.75. The fraction of sp³-hybridized carbons (Fsp3) is 0.357. The summed E-state index contributed by atoms with van der Waals surface area (Å²) >= 11 is 6.04. The van der Waals surface area contributed by atoms with Gasteiger partial charge in [-0.1, -0.05) is 17.7 Å². The van der Waals surface area contributed by atoms with E-state index in [2.05, 4.69) is 5.10 Å². The summed E-state index contributed by atoms with van der Waals surface area (Å²) in [6, 6.07) is 5.35. The second-order valence-electron chi connectivity index (χ2n) is 4.47. The maximum absolute atomic E-state index is 10.2. The maximum atomic E-state index is 10.2. The van der Waals surface area contributed by atoms with E-state index in [-0.39, 0.29) is 0 Å². The Labute approximate surface area is 117 Å². The topological polar surface area (TPSA) is 47.3 Å². The summed E-state index contributed by atoms with van der Waals surface area (Å²) in [6.07, 6.45) is 4.64. The molecule has 1 N–H and O–H groups in total. The van der Waals surface area contributed by atoms with Gasteiger partial charge in [0.1, 0.15) is 5.75 Å². The molecule has 0 bridgehead atoms. The van der Waals surface area contributed by atoms with Crippen LogP contribution in [0.4, 0.5) is 0 Å². The molecule has 2 rings (SSSR count). The average molecular weight is 281 g/mol. The van der Waals surface area contributed by atoms with Gasteiger partial charge in [0, 0.05) is 13.2 Å². The van der Waals surface area contributed by atoms with Gasteiger partial charge in [0.2, 0.25) is 0 Å². The van der Waals surface area contributed by atoms with Crippen molar-refractivity contribution in [2.75, 3.05) is 7.11 Å². The van der Waals surface area contributed by atoms with E-state index in [4.69, 9.17) is 16.3 Å². The highest BCUT2D eigenvalue weighted by molar-refractivity contribution is 6.32. The third-order valence-electron chi connectivity index (χ3n) is 3.03. The molecule has 1 atom stereocenters. The summed E-state index contributed by atoms with van der Waals surface area (Å²) in [5.41, 5.74) is 1.91. The zero-order valence-electron chi connectivity index (χ0n) is 11.0. The first kappa shape index (κ1) is 13.9. The van der Waals surface area contributed by atoms with Gasteiger partial charge < -0.3 is 9.84 Å². The fourth-order valence-electron chi connectivity index (χ4n) is 1.96. The molecule has 4 nitrogen and oxygen atoms in total. The third kappa shape index (κ3) is 3.49. The Morgan fingerprint density at radius 2 is 2.26 bits per heavy atom. The molecule has 5 heteroatoms. The number of aromatic nitrogens is 2. The maximum Gasteiger partial charge on any atom is 0.137 e. The molecule has 0 saturated carbocycles. The number of methoxy groups -OCH3 is 1. The second-order valence-corrected chi connectivity index (χ2v) is 4.88. The molecular weight excluding hydrogens is 264 g/mol. The van der Waals surface area contributed by atoms with E-state index < -0.39 is 6.10 Å². The van der Waals surface area contributed by atoms with Crippen LogP contribution in [0.5, 0.6) is 5.75 Å². The van der Waals surface area contributed by atoms with Crippen LogP contribution >= 0.6 is 11.6 Å². The lowest BCUT2D eigenvalue weighted by molar-refractivity contribution is 0.168. The van der Waals surface area contributed by atoms with Crippen molar-refractivity contribution in [3.63, 3.8) is 0 Å². The number of aliphatic hydroxyl groups excluding tert-OH is 1. The van der Waals surface area contributed by atoms with Gasteiger partial charge in [-0.15, -0.1) is 0 Å². The fourth-order valence-corrected chi connectivity index (χ4v) is 2.23. The molecule has 1 aromatic carbocycles. The number of benzene rings is 1. The van der Waals surface area contributed by atoms with Crippen LogP contribution in [0.1, 0.15) is 23.7 Å². The first-order chi connectivity index (χ1) is 9.10. The van der Waals surface area contributed by atoms with Crippen LogP contribution in [0.2, 0.25) is 5.02 Å². The first-order valence-corrected chi connectivity index (χ1v) is 6.47. The van der Waals surface area contributed by atoms with Crippen LogP contribution in [0.3, 0.4) is 0 Å². The van der Waals surface area contributed by atoms with Crippen LogP contribution < -0.4 is 4.74 Å². The zero-order valence-corrected chi connectivity index (χ0v) is 11.8. The molecule has 0 aliphatic heterocycles. The van der Waals surface area contributed by atoms with Crippen molar-refractivity contribution in [2.45, 2.75) is 18.9 Å². The van der Waals surface area contributed by atoms with Gasteiger partial charge in [0.05, 0.1) is 24.4 Å². The molecule has 0 aliphatic carbocycles. The van der Waals surface area contributed by atoms with Gasteiger partial charge in [-0.05, 0) is 36.1 Å². The number of hydrogen-bond donors (Lipinski definition) is 1. The lowest BCUT2D eigenvalue weighted by Crippen LogP contribution is -2.00. The smallest absolute Gasteiger partial charge is 0.137 e. The van der Waals surface area contributed by atoms with E-state index >= 15 is 0 Å². The highest BCUT2D eigenvalue weighted by Crippen LogP contribution is 2.29. The van der Waals surface area contributed by atoms with Crippen LogP contribution in [0.25, 0.3) is 0 Å². The molecule has 1 aromatic heterocycles. The van der Waals surface area contributed by atoms with Crippen LogP contribution in [0, 0.1) is 0 Å². The van der Waals surface area contributed by atoms with Gasteiger partial charge in [-0.25, -0.2) is 0 Å². The van der Waals surface area contributed by atoms with Crippen molar-refractivity contribution in [3.05, 3.63) is 46.7 Å². The van der Waals surface area contributed by atoms with Crippen molar-refractivity contribution in [1.29, 1.82) is 0 Å². The van der Waals surface area contributed by atoms with Crippen molar-refractivity contribution in [2.24, 2.45) is 7.05 Å². The highest BCUT2D eigenvalue weighted by Gasteiger charge is 2.11. The van der Waals surface area contributed by atoms with Crippen LogP contribution in [-0.4, -0.2) is 22.0 Å². The van der Waals surface area contributed by atoms with Crippen molar-refractivity contribution < 1.29 is 9.84 Å².